The summed E-state index contributed by atoms with van der Waals surface area (Å²) in [7, 11) is 0. The molecule has 0 atom stereocenters. The van der Waals surface area contributed by atoms with E-state index in [1.165, 1.54) is 0 Å². The third-order valence-corrected chi connectivity index (χ3v) is 2.78. The van der Waals surface area contributed by atoms with Crippen molar-refractivity contribution in [2.75, 3.05) is 6.54 Å². The fourth-order valence-corrected chi connectivity index (χ4v) is 1.71. The fourth-order valence-electron chi connectivity index (χ4n) is 1.52. The van der Waals surface area contributed by atoms with Crippen molar-refractivity contribution in [1.82, 2.24) is 20.4 Å². The highest BCUT2D eigenvalue weighted by molar-refractivity contribution is 6.32. The molecule has 0 aliphatic carbocycles. The number of aryl methyl sites for hydroxylation is 1. The Hall–Kier alpha value is -2.55. The van der Waals surface area contributed by atoms with Crippen LogP contribution in [0.15, 0.2) is 16.8 Å². The highest BCUT2D eigenvalue weighted by atomic mass is 35.5. The van der Waals surface area contributed by atoms with E-state index in [2.05, 4.69) is 20.4 Å². The van der Waals surface area contributed by atoms with Crippen molar-refractivity contribution in [3.05, 3.63) is 44.8 Å². The number of carbonyl (C=O) groups excluding carboxylic acids is 1. The monoisotopic (exact) mass is 311 g/mol. The number of aromatic nitrogens is 3. The van der Waals surface area contributed by atoms with Crippen LogP contribution in [0.1, 0.15) is 22.1 Å². The second-order valence-electron chi connectivity index (χ2n) is 4.03. The Kier molecular flexibility index (Phi) is 4.43. The first-order valence-electron chi connectivity index (χ1n) is 5.84. The first-order valence-corrected chi connectivity index (χ1v) is 6.22. The molecule has 0 saturated carbocycles. The molecule has 110 valence electrons. The van der Waals surface area contributed by atoms with Gasteiger partial charge in [-0.1, -0.05) is 16.8 Å². The Labute approximate surface area is 123 Å². The largest absolute Gasteiger partial charge is 0.351 e. The van der Waals surface area contributed by atoms with Crippen molar-refractivity contribution in [2.45, 2.75) is 13.3 Å². The van der Waals surface area contributed by atoms with Crippen molar-refractivity contribution in [1.29, 1.82) is 0 Å². The summed E-state index contributed by atoms with van der Waals surface area (Å²) in [5.74, 6) is 0.325. The molecule has 9 nitrogen and oxygen atoms in total. The predicted octanol–water partition coefficient (Wildman–Crippen LogP) is 1.31. The fraction of sp³-hybridized carbons (Fsp3) is 0.273. The van der Waals surface area contributed by atoms with Gasteiger partial charge in [0.25, 0.3) is 11.6 Å². The third-order valence-electron chi connectivity index (χ3n) is 2.47. The van der Waals surface area contributed by atoms with E-state index in [-0.39, 0.29) is 22.9 Å². The minimum atomic E-state index is -0.651. The van der Waals surface area contributed by atoms with E-state index in [9.17, 15) is 14.9 Å². The Balaban J connectivity index is 1.99. The minimum absolute atomic E-state index is 0.0624. The van der Waals surface area contributed by atoms with Gasteiger partial charge in [0, 0.05) is 19.0 Å². The smallest absolute Gasteiger partial charge is 0.288 e. The van der Waals surface area contributed by atoms with Gasteiger partial charge in [-0.15, -0.1) is 0 Å². The van der Waals surface area contributed by atoms with Gasteiger partial charge in [-0.05, 0) is 6.92 Å². The molecule has 10 heteroatoms. The van der Waals surface area contributed by atoms with Crippen molar-refractivity contribution in [3.8, 4) is 0 Å². The average molecular weight is 312 g/mol. The van der Waals surface area contributed by atoms with Crippen LogP contribution in [0, 0.1) is 17.0 Å². The van der Waals surface area contributed by atoms with E-state index in [4.69, 9.17) is 16.1 Å². The van der Waals surface area contributed by atoms with Crippen LogP contribution in [0.4, 0.5) is 5.69 Å². The number of hydrogen-bond acceptors (Lipinski definition) is 7. The van der Waals surface area contributed by atoms with E-state index in [1.54, 1.807) is 6.92 Å². The van der Waals surface area contributed by atoms with E-state index in [0.717, 1.165) is 12.3 Å². The minimum Gasteiger partial charge on any atom is -0.351 e. The summed E-state index contributed by atoms with van der Waals surface area (Å²) >= 11 is 5.76. The first kappa shape index (κ1) is 14.9. The number of rotatable bonds is 5. The lowest BCUT2D eigenvalue weighted by molar-refractivity contribution is -0.385. The van der Waals surface area contributed by atoms with E-state index < -0.39 is 10.8 Å². The van der Waals surface area contributed by atoms with Crippen LogP contribution in [0.25, 0.3) is 0 Å². The molecule has 2 aromatic heterocycles. The van der Waals surface area contributed by atoms with Crippen molar-refractivity contribution in [2.24, 2.45) is 0 Å². The number of hydrogen-bond donors (Lipinski definition) is 1. The molecule has 1 N–H and O–H groups in total. The molecular formula is C11H10ClN5O4. The number of amides is 1. The molecule has 0 aliphatic heterocycles. The third kappa shape index (κ3) is 3.72. The maximum Gasteiger partial charge on any atom is 0.288 e. The van der Waals surface area contributed by atoms with Gasteiger partial charge in [0.15, 0.2) is 5.82 Å². The van der Waals surface area contributed by atoms with Crippen LogP contribution in [-0.4, -0.2) is 32.5 Å². The van der Waals surface area contributed by atoms with Gasteiger partial charge in [0.05, 0.1) is 10.5 Å². The Morgan fingerprint density at radius 3 is 2.95 bits per heavy atom. The Morgan fingerprint density at radius 2 is 2.33 bits per heavy atom. The second-order valence-corrected chi connectivity index (χ2v) is 4.39. The van der Waals surface area contributed by atoms with E-state index >= 15 is 0 Å². The molecule has 0 unspecified atom stereocenters. The lowest BCUT2D eigenvalue weighted by Crippen LogP contribution is -2.26. The quantitative estimate of drug-likeness (QED) is 0.501. The Morgan fingerprint density at radius 1 is 1.57 bits per heavy atom. The molecule has 2 aromatic rings. The van der Waals surface area contributed by atoms with Gasteiger partial charge >= 0.3 is 0 Å². The van der Waals surface area contributed by atoms with E-state index in [0.29, 0.717) is 18.1 Å². The molecule has 0 fully saturated rings. The zero-order valence-corrected chi connectivity index (χ0v) is 11.6. The zero-order chi connectivity index (χ0) is 15.4. The lowest BCUT2D eigenvalue weighted by Gasteiger charge is -2.04. The molecule has 0 aliphatic rings. The number of nitro groups is 1. The summed E-state index contributed by atoms with van der Waals surface area (Å²) in [6, 6.07) is 1.07. The maximum absolute atomic E-state index is 11.9. The molecular weight excluding hydrogens is 302 g/mol. The van der Waals surface area contributed by atoms with Gasteiger partial charge in [-0.2, -0.15) is 4.98 Å². The van der Waals surface area contributed by atoms with Gasteiger partial charge in [-0.25, -0.2) is 4.98 Å². The standard InChI is InChI=1S/C11H10ClN5O4/c1-6-15-9(21-16-6)2-3-13-11(18)8-4-7(17(19)20)5-14-10(8)12/h4-5H,2-3H2,1H3,(H,13,18). The number of carbonyl (C=O) groups is 1. The van der Waals surface area contributed by atoms with Crippen LogP contribution in [0.2, 0.25) is 5.15 Å². The van der Waals surface area contributed by atoms with Gasteiger partial charge in [0.2, 0.25) is 5.89 Å². The topological polar surface area (TPSA) is 124 Å². The molecule has 21 heavy (non-hydrogen) atoms. The summed E-state index contributed by atoms with van der Waals surface area (Å²) in [4.78, 5) is 29.5. The summed E-state index contributed by atoms with van der Waals surface area (Å²) in [6.45, 7) is 1.90. The predicted molar refractivity (Wildman–Crippen MR) is 71.0 cm³/mol. The summed E-state index contributed by atoms with van der Waals surface area (Å²) in [5, 5.41) is 16.7. The number of halogens is 1. The van der Waals surface area contributed by atoms with Gasteiger partial charge < -0.3 is 9.84 Å². The average Bonchev–Trinajstić information content (AvgIpc) is 2.84. The number of nitrogens with zero attached hydrogens (tertiary/aromatic N) is 4. The molecule has 2 heterocycles. The van der Waals surface area contributed by atoms with Crippen LogP contribution >= 0.6 is 11.6 Å². The molecule has 2 rings (SSSR count). The summed E-state index contributed by atoms with van der Waals surface area (Å²) in [5.41, 5.74) is -0.371. The first-order chi connectivity index (χ1) is 9.97. The van der Waals surface area contributed by atoms with Crippen molar-refractivity contribution < 1.29 is 14.2 Å². The highest BCUT2D eigenvalue weighted by Crippen LogP contribution is 2.18. The number of nitrogens with one attached hydrogen (secondary N) is 1. The molecule has 0 aromatic carbocycles. The summed E-state index contributed by atoms with van der Waals surface area (Å²) < 4.78 is 4.89. The van der Waals surface area contributed by atoms with Crippen LogP contribution in [0.5, 0.6) is 0 Å². The van der Waals surface area contributed by atoms with Crippen molar-refractivity contribution in [3.63, 3.8) is 0 Å². The van der Waals surface area contributed by atoms with Crippen LogP contribution in [-0.2, 0) is 6.42 Å². The highest BCUT2D eigenvalue weighted by Gasteiger charge is 2.17. The molecule has 0 radical (unpaired) electrons. The van der Waals surface area contributed by atoms with Crippen molar-refractivity contribution >= 4 is 23.2 Å². The molecule has 0 bridgehead atoms. The second kappa shape index (κ2) is 6.27. The van der Waals surface area contributed by atoms with Crippen LogP contribution in [0.3, 0.4) is 0 Å². The lowest BCUT2D eigenvalue weighted by atomic mass is 10.2. The molecule has 0 saturated heterocycles. The zero-order valence-electron chi connectivity index (χ0n) is 10.9. The van der Waals surface area contributed by atoms with Gasteiger partial charge in [0.1, 0.15) is 11.3 Å². The SMILES string of the molecule is Cc1noc(CCNC(=O)c2cc([N+](=O)[O-])cnc2Cl)n1. The van der Waals surface area contributed by atoms with Crippen LogP contribution < -0.4 is 5.32 Å². The summed E-state index contributed by atoms with van der Waals surface area (Å²) in [6.07, 6.45) is 1.33. The maximum atomic E-state index is 11.9. The molecule has 0 spiro atoms. The van der Waals surface area contributed by atoms with Gasteiger partial charge in [-0.3, -0.25) is 14.9 Å². The van der Waals surface area contributed by atoms with E-state index in [1.807, 2.05) is 0 Å². The Bertz CT molecular complexity index is 687. The molecule has 1 amide bonds. The normalized spacial score (nSPS) is 10.4. The number of pyridine rings is 1.